The summed E-state index contributed by atoms with van der Waals surface area (Å²) in [6.45, 7) is 1.96. The van der Waals surface area contributed by atoms with E-state index >= 15 is 0 Å². The van der Waals surface area contributed by atoms with Crippen LogP contribution in [0.4, 0.5) is 0 Å². The minimum Gasteiger partial charge on any atom is -0.358 e. The molecule has 0 aromatic rings. The van der Waals surface area contributed by atoms with Gasteiger partial charge < -0.3 is 7.43 Å². The smallest absolute Gasteiger partial charge is 0.358 e. The average Bonchev–Trinajstić information content (AvgIpc) is 1.68. The van der Waals surface area contributed by atoms with Crippen molar-refractivity contribution in [3.63, 3.8) is 0 Å². The van der Waals surface area contributed by atoms with Crippen LogP contribution in [0.5, 0.6) is 0 Å². The maximum Gasteiger partial charge on any atom is -0.358 e. The Bertz CT molecular complexity index is 177. The second kappa shape index (κ2) is 7.26. The Balaban J connectivity index is 0. The molecule has 0 rings (SSSR count). The number of rotatable bonds is 1. The molecular weight excluding hydrogens is 326 g/mol. The van der Waals surface area contributed by atoms with Gasteiger partial charge in [0.25, 0.3) is 0 Å². The van der Waals surface area contributed by atoms with Crippen molar-refractivity contribution in [3.8, 4) is 0 Å². The van der Waals surface area contributed by atoms with E-state index in [2.05, 4.69) is 5.79 Å². The zero-order chi connectivity index (χ0) is 5.70. The fourth-order valence-electron chi connectivity index (χ4n) is 0.157. The van der Waals surface area contributed by atoms with Gasteiger partial charge >= 0.3 is 52.4 Å². The molecule has 2 nitrogen and oxygen atoms in total. The maximum absolute atomic E-state index is 6.54. The molecule has 46 valence electrons. The second-order valence-corrected chi connectivity index (χ2v) is 8.61. The molecule has 3 heteroatoms. The van der Waals surface area contributed by atoms with E-state index in [-0.39, 0.29) is 7.43 Å². The van der Waals surface area contributed by atoms with Crippen molar-refractivity contribution in [2.24, 2.45) is 2.26 Å². The van der Waals surface area contributed by atoms with Gasteiger partial charge in [0.05, 0.1) is 0 Å². The van der Waals surface area contributed by atoms with E-state index < -0.39 is 24.9 Å². The molecule has 0 aliphatic heterocycles. The minimum atomic E-state index is -1.86. The molecule has 0 aliphatic rings. The van der Waals surface area contributed by atoms with Crippen molar-refractivity contribution in [1.29, 1.82) is 5.41 Å². The van der Waals surface area contributed by atoms with Gasteiger partial charge in [-0.05, 0) is 0 Å². The first-order chi connectivity index (χ1) is 3.31. The summed E-state index contributed by atoms with van der Waals surface area (Å²) in [5.74, 6) is 0. The first kappa shape index (κ1) is 11.1. The first-order valence-electron chi connectivity index (χ1n) is 1.99. The predicted molar refractivity (Wildman–Crippen MR) is 36.5 cm³/mol. The average molecular weight is 337 g/mol. The molecule has 0 aromatic heterocycles. The van der Waals surface area contributed by atoms with Gasteiger partial charge in [-0.2, -0.15) is 0 Å². The Labute approximate surface area is 59.6 Å². The molecule has 0 heterocycles. The quantitative estimate of drug-likeness (QED) is 0.423. The van der Waals surface area contributed by atoms with E-state index in [1.165, 1.54) is 0 Å². The SMILES string of the molecule is [CH2]=[U](=[CH]C)=[N]C=N.[CH3-]. The van der Waals surface area contributed by atoms with Gasteiger partial charge in [-0.15, -0.1) is 0 Å². The Hall–Kier alpha value is 0.262. The van der Waals surface area contributed by atoms with Crippen LogP contribution in [0.25, 0.3) is 0 Å². The maximum atomic E-state index is 6.54. The summed E-state index contributed by atoms with van der Waals surface area (Å²) < 4.78 is 9.68. The Morgan fingerprint density at radius 3 is 2.38 bits per heavy atom. The molecule has 0 aromatic carbocycles. The van der Waals surface area contributed by atoms with Crippen molar-refractivity contribution >= 4 is 12.9 Å². The third-order valence-corrected chi connectivity index (χ3v) is 5.26. The van der Waals surface area contributed by atoms with Crippen LogP contribution in [0, 0.1) is 37.7 Å². The van der Waals surface area contributed by atoms with Crippen LogP contribution in [0.15, 0.2) is 2.26 Å². The zero-order valence-electron chi connectivity index (χ0n) is 5.31. The van der Waals surface area contributed by atoms with Gasteiger partial charge in [-0.3, -0.25) is 0 Å². The monoisotopic (exact) mass is 337 g/mol. The van der Waals surface area contributed by atoms with E-state index in [0.29, 0.717) is 0 Å². The van der Waals surface area contributed by atoms with Crippen LogP contribution in [-0.4, -0.2) is 12.9 Å². The molecule has 0 atom stereocenters. The first-order valence-corrected chi connectivity index (χ1v) is 9.20. The molecule has 0 fully saturated rings. The van der Waals surface area contributed by atoms with Gasteiger partial charge in [0.1, 0.15) is 0 Å². The summed E-state index contributed by atoms with van der Waals surface area (Å²) in [7, 11) is 0. The molecule has 0 bridgehead atoms. The van der Waals surface area contributed by atoms with E-state index in [4.69, 9.17) is 5.41 Å². The third-order valence-electron chi connectivity index (χ3n) is 0.564. The topological polar surface area (TPSA) is 36.2 Å². The Morgan fingerprint density at radius 2 is 2.25 bits per heavy atom. The fourth-order valence-corrected chi connectivity index (χ4v) is 1.47. The molecule has 0 saturated carbocycles. The summed E-state index contributed by atoms with van der Waals surface area (Å²) in [4.78, 5) is 0. The van der Waals surface area contributed by atoms with E-state index in [1.807, 2.05) is 9.95 Å². The summed E-state index contributed by atoms with van der Waals surface area (Å²) in [6.07, 6.45) is 1.11. The number of nitrogens with one attached hydrogen (secondary N) is 1. The van der Waals surface area contributed by atoms with Gasteiger partial charge in [0.2, 0.25) is 0 Å². The van der Waals surface area contributed by atoms with Crippen LogP contribution < -0.4 is 0 Å². The van der Waals surface area contributed by atoms with E-state index in [9.17, 15) is 0 Å². The van der Waals surface area contributed by atoms with Crippen LogP contribution in [0.2, 0.25) is 0 Å². The second-order valence-electron chi connectivity index (χ2n) is 1.04. The molecule has 1 N–H and O–H groups in total. The number of nitrogens with zero attached hydrogens (tertiary/aromatic N) is 1. The van der Waals surface area contributed by atoms with Crippen LogP contribution in [0.1, 0.15) is 6.92 Å². The van der Waals surface area contributed by atoms with Gasteiger partial charge in [-0.1, -0.05) is 0 Å². The van der Waals surface area contributed by atoms with E-state index in [1.54, 1.807) is 0 Å². The van der Waals surface area contributed by atoms with Crippen LogP contribution >= 0.6 is 0 Å². The normalized spacial score (nSPS) is 6.12. The zero-order valence-corrected chi connectivity index (χ0v) is 9.47. The Morgan fingerprint density at radius 1 is 1.75 bits per heavy atom. The summed E-state index contributed by atoms with van der Waals surface area (Å²) >= 11 is -1.86. The minimum absolute atomic E-state index is 0. The van der Waals surface area contributed by atoms with E-state index in [0.717, 1.165) is 6.34 Å². The molecule has 0 unspecified atom stereocenters. The van der Waals surface area contributed by atoms with Crippen molar-refractivity contribution < 1.29 is 24.9 Å². The largest absolute Gasteiger partial charge is 0.358 e. The third kappa shape index (κ3) is 6.26. The fraction of sp³-hybridized carbons (Fsp3) is 0.200. The van der Waals surface area contributed by atoms with Crippen molar-refractivity contribution in [3.05, 3.63) is 7.43 Å². The molecule has 0 aliphatic carbocycles. The molecule has 0 radical (unpaired) electrons. The van der Waals surface area contributed by atoms with Crippen molar-refractivity contribution in [2.45, 2.75) is 6.92 Å². The van der Waals surface area contributed by atoms with Gasteiger partial charge in [-0.25, -0.2) is 0 Å². The molecule has 0 spiro atoms. The summed E-state index contributed by atoms with van der Waals surface area (Å²) in [5.41, 5.74) is 0. The molecular formula is C5H11N2U-. The van der Waals surface area contributed by atoms with Gasteiger partial charge in [0.15, 0.2) is 0 Å². The molecule has 0 saturated heterocycles. The van der Waals surface area contributed by atoms with Gasteiger partial charge in [0, 0.05) is 0 Å². The predicted octanol–water partition coefficient (Wildman–Crippen LogP) is 1.10. The molecule has 8 heavy (non-hydrogen) atoms. The Kier molecular flexibility index (Phi) is 10.1. The van der Waals surface area contributed by atoms with Crippen LogP contribution in [0.3, 0.4) is 0 Å². The van der Waals surface area contributed by atoms with Crippen LogP contribution in [-0.2, 0) is 0 Å². The number of hydrogen-bond donors (Lipinski definition) is 1. The number of hydrogen-bond acceptors (Lipinski definition) is 1. The van der Waals surface area contributed by atoms with Crippen molar-refractivity contribution in [2.75, 3.05) is 0 Å². The van der Waals surface area contributed by atoms with Crippen molar-refractivity contribution in [1.82, 2.24) is 0 Å². The molecule has 0 amide bonds. The summed E-state index contributed by atoms with van der Waals surface area (Å²) in [5, 5.41) is 6.54. The summed E-state index contributed by atoms with van der Waals surface area (Å²) in [6, 6.07) is 0. The standard InChI is InChI=1S/C2H4.CH2N2.CH3.CH2.U/c1-2;2-1-3;;;/h1H,2H3;1-2H;1H3;1H2;/q;;-1;;.